The Morgan fingerprint density at radius 2 is 2.50 bits per heavy atom. The number of nitrogens with one attached hydrogen (secondary N) is 1. The van der Waals surface area contributed by atoms with E-state index in [1.165, 1.54) is 5.56 Å². The Hall–Kier alpha value is -0.870. The molecule has 1 atom stereocenters. The third kappa shape index (κ3) is 4.39. The number of amides is 1. The van der Waals surface area contributed by atoms with E-state index in [1.807, 2.05) is 12.3 Å². The highest BCUT2D eigenvalue weighted by atomic mass is 32.1. The van der Waals surface area contributed by atoms with E-state index in [9.17, 15) is 4.79 Å². The van der Waals surface area contributed by atoms with Crippen LogP contribution in [-0.2, 0) is 11.2 Å². The van der Waals surface area contributed by atoms with Gasteiger partial charge in [-0.1, -0.05) is 0 Å². The molecule has 0 aliphatic rings. The van der Waals surface area contributed by atoms with Gasteiger partial charge in [-0.3, -0.25) is 4.79 Å². The molecule has 0 saturated carbocycles. The first kappa shape index (κ1) is 11.2. The molecule has 0 aliphatic heterocycles. The zero-order chi connectivity index (χ0) is 10.4. The van der Waals surface area contributed by atoms with Crippen molar-refractivity contribution in [3.05, 3.63) is 22.4 Å². The maximum absolute atomic E-state index is 11.2. The Labute approximate surface area is 88.3 Å². The summed E-state index contributed by atoms with van der Waals surface area (Å²) in [5.41, 5.74) is 6.77. The van der Waals surface area contributed by atoms with Crippen molar-refractivity contribution in [2.75, 3.05) is 6.54 Å². The smallest absolute Gasteiger partial charge is 0.221 e. The average molecular weight is 212 g/mol. The SMILES string of the molecule is CC(N)CC(=O)NCCc1ccsc1. The van der Waals surface area contributed by atoms with Crippen LogP contribution in [-0.4, -0.2) is 18.5 Å². The summed E-state index contributed by atoms with van der Waals surface area (Å²) < 4.78 is 0. The predicted molar refractivity (Wildman–Crippen MR) is 59.3 cm³/mol. The fourth-order valence-corrected chi connectivity index (χ4v) is 1.85. The van der Waals surface area contributed by atoms with E-state index >= 15 is 0 Å². The molecular formula is C10H16N2OS. The molecule has 0 bridgehead atoms. The molecule has 3 nitrogen and oxygen atoms in total. The van der Waals surface area contributed by atoms with Crippen LogP contribution in [0.1, 0.15) is 18.9 Å². The normalized spacial score (nSPS) is 12.4. The van der Waals surface area contributed by atoms with Gasteiger partial charge in [0.15, 0.2) is 0 Å². The van der Waals surface area contributed by atoms with Gasteiger partial charge in [0.05, 0.1) is 0 Å². The molecule has 0 saturated heterocycles. The van der Waals surface area contributed by atoms with Gasteiger partial charge in [0.25, 0.3) is 0 Å². The van der Waals surface area contributed by atoms with Crippen molar-refractivity contribution in [2.24, 2.45) is 5.73 Å². The molecule has 0 radical (unpaired) electrons. The van der Waals surface area contributed by atoms with E-state index in [-0.39, 0.29) is 11.9 Å². The van der Waals surface area contributed by atoms with Gasteiger partial charge >= 0.3 is 0 Å². The van der Waals surface area contributed by atoms with Crippen molar-refractivity contribution < 1.29 is 4.79 Å². The highest BCUT2D eigenvalue weighted by molar-refractivity contribution is 7.07. The number of carbonyl (C=O) groups is 1. The minimum absolute atomic E-state index is 0.0372. The zero-order valence-corrected chi connectivity index (χ0v) is 9.14. The lowest BCUT2D eigenvalue weighted by Crippen LogP contribution is -2.31. The number of thiophene rings is 1. The van der Waals surface area contributed by atoms with Crippen molar-refractivity contribution in [3.63, 3.8) is 0 Å². The maximum atomic E-state index is 11.2. The van der Waals surface area contributed by atoms with Crippen LogP contribution in [0.3, 0.4) is 0 Å². The van der Waals surface area contributed by atoms with Gasteiger partial charge in [-0.05, 0) is 35.7 Å². The first-order valence-corrected chi connectivity index (χ1v) is 5.66. The third-order valence-corrected chi connectivity index (χ3v) is 2.56. The van der Waals surface area contributed by atoms with Crippen LogP contribution in [0.2, 0.25) is 0 Å². The van der Waals surface area contributed by atoms with E-state index in [1.54, 1.807) is 11.3 Å². The molecule has 0 aromatic carbocycles. The van der Waals surface area contributed by atoms with Gasteiger partial charge in [0.2, 0.25) is 5.91 Å². The molecule has 1 rings (SSSR count). The molecule has 1 aromatic heterocycles. The Morgan fingerprint density at radius 1 is 1.71 bits per heavy atom. The lowest BCUT2D eigenvalue weighted by Gasteiger charge is -2.06. The van der Waals surface area contributed by atoms with Crippen LogP contribution in [0, 0.1) is 0 Å². The van der Waals surface area contributed by atoms with Gasteiger partial charge in [-0.2, -0.15) is 11.3 Å². The summed E-state index contributed by atoms with van der Waals surface area (Å²) in [4.78, 5) is 11.2. The molecule has 1 heterocycles. The summed E-state index contributed by atoms with van der Waals surface area (Å²) in [6, 6.07) is 2.01. The van der Waals surface area contributed by atoms with Crippen molar-refractivity contribution in [3.8, 4) is 0 Å². The summed E-state index contributed by atoms with van der Waals surface area (Å²) in [5.74, 6) is 0.0372. The fraction of sp³-hybridized carbons (Fsp3) is 0.500. The Kier molecular flexibility index (Phi) is 4.62. The molecular weight excluding hydrogens is 196 g/mol. The second kappa shape index (κ2) is 5.78. The topological polar surface area (TPSA) is 55.1 Å². The van der Waals surface area contributed by atoms with Crippen LogP contribution in [0.5, 0.6) is 0 Å². The Balaban J connectivity index is 2.12. The molecule has 78 valence electrons. The van der Waals surface area contributed by atoms with Gasteiger partial charge in [0, 0.05) is 19.0 Å². The molecule has 0 aliphatic carbocycles. The lowest BCUT2D eigenvalue weighted by molar-refractivity contribution is -0.121. The number of hydrogen-bond donors (Lipinski definition) is 2. The van der Waals surface area contributed by atoms with Gasteiger partial charge in [-0.25, -0.2) is 0 Å². The van der Waals surface area contributed by atoms with Crippen LogP contribution in [0.4, 0.5) is 0 Å². The number of rotatable bonds is 5. The predicted octanol–water partition coefficient (Wildman–Crippen LogP) is 1.14. The van der Waals surface area contributed by atoms with E-state index in [4.69, 9.17) is 5.73 Å². The van der Waals surface area contributed by atoms with E-state index in [0.29, 0.717) is 13.0 Å². The molecule has 1 aromatic rings. The van der Waals surface area contributed by atoms with E-state index in [0.717, 1.165) is 6.42 Å². The zero-order valence-electron chi connectivity index (χ0n) is 8.32. The molecule has 3 N–H and O–H groups in total. The standard InChI is InChI=1S/C10H16N2OS/c1-8(11)6-10(13)12-4-2-9-3-5-14-7-9/h3,5,7-8H,2,4,6,11H2,1H3,(H,12,13). The Bertz CT molecular complexity index is 270. The summed E-state index contributed by atoms with van der Waals surface area (Å²) in [7, 11) is 0. The van der Waals surface area contributed by atoms with Gasteiger partial charge < -0.3 is 11.1 Å². The largest absolute Gasteiger partial charge is 0.356 e. The number of carbonyl (C=O) groups excluding carboxylic acids is 1. The second-order valence-electron chi connectivity index (χ2n) is 3.41. The van der Waals surface area contributed by atoms with Crippen molar-refractivity contribution in [1.82, 2.24) is 5.32 Å². The fourth-order valence-electron chi connectivity index (χ4n) is 1.15. The van der Waals surface area contributed by atoms with Crippen molar-refractivity contribution in [2.45, 2.75) is 25.8 Å². The molecule has 0 fully saturated rings. The van der Waals surface area contributed by atoms with Gasteiger partial charge in [-0.15, -0.1) is 0 Å². The van der Waals surface area contributed by atoms with Crippen molar-refractivity contribution >= 4 is 17.2 Å². The summed E-state index contributed by atoms with van der Waals surface area (Å²) in [6.45, 7) is 2.53. The first-order chi connectivity index (χ1) is 6.68. The highest BCUT2D eigenvalue weighted by Gasteiger charge is 2.03. The van der Waals surface area contributed by atoms with Crippen molar-refractivity contribution in [1.29, 1.82) is 0 Å². The lowest BCUT2D eigenvalue weighted by atomic mass is 10.2. The maximum Gasteiger partial charge on any atom is 0.221 e. The highest BCUT2D eigenvalue weighted by Crippen LogP contribution is 2.05. The summed E-state index contributed by atoms with van der Waals surface area (Å²) >= 11 is 1.68. The molecule has 14 heavy (non-hydrogen) atoms. The van der Waals surface area contributed by atoms with Crippen LogP contribution in [0.25, 0.3) is 0 Å². The van der Waals surface area contributed by atoms with E-state index < -0.39 is 0 Å². The summed E-state index contributed by atoms with van der Waals surface area (Å²) in [5, 5.41) is 6.97. The summed E-state index contributed by atoms with van der Waals surface area (Å²) in [6.07, 6.45) is 1.30. The first-order valence-electron chi connectivity index (χ1n) is 4.72. The monoisotopic (exact) mass is 212 g/mol. The molecule has 4 heteroatoms. The quantitative estimate of drug-likeness (QED) is 0.769. The van der Waals surface area contributed by atoms with E-state index in [2.05, 4.69) is 16.8 Å². The number of nitrogens with two attached hydrogens (primary N) is 1. The Morgan fingerprint density at radius 3 is 3.07 bits per heavy atom. The average Bonchev–Trinajstić information content (AvgIpc) is 2.55. The minimum atomic E-state index is -0.0591. The molecule has 0 spiro atoms. The number of hydrogen-bond acceptors (Lipinski definition) is 3. The van der Waals surface area contributed by atoms with Crippen LogP contribution >= 0.6 is 11.3 Å². The van der Waals surface area contributed by atoms with Crippen LogP contribution in [0.15, 0.2) is 16.8 Å². The molecule has 1 unspecified atom stereocenters. The van der Waals surface area contributed by atoms with Crippen LogP contribution < -0.4 is 11.1 Å². The van der Waals surface area contributed by atoms with Gasteiger partial charge in [0.1, 0.15) is 0 Å². The third-order valence-electron chi connectivity index (χ3n) is 1.82. The minimum Gasteiger partial charge on any atom is -0.356 e. The molecule has 1 amide bonds. The second-order valence-corrected chi connectivity index (χ2v) is 4.19.